The summed E-state index contributed by atoms with van der Waals surface area (Å²) in [6.07, 6.45) is 0. The Morgan fingerprint density at radius 3 is 1.75 bits per heavy atom. The highest BCUT2D eigenvalue weighted by molar-refractivity contribution is 6.26. The average Bonchev–Trinajstić information content (AvgIpc) is 3.74. The van der Waals surface area contributed by atoms with Gasteiger partial charge >= 0.3 is 0 Å². The van der Waals surface area contributed by atoms with Gasteiger partial charge < -0.3 is 9.13 Å². The third-order valence-electron chi connectivity index (χ3n) is 9.94. The largest absolute Gasteiger partial charge is 0.318 e. The molecule has 0 spiro atoms. The minimum absolute atomic E-state index is 0.546. The Morgan fingerprint density at radius 1 is 0.442 bits per heavy atom. The number of aromatic nitrogens is 4. The van der Waals surface area contributed by atoms with E-state index in [9.17, 15) is 0 Å². The molecule has 0 aliphatic rings. The van der Waals surface area contributed by atoms with Gasteiger partial charge in [-0.2, -0.15) is 0 Å². The molecular weight excluding hydrogens is 635 g/mol. The van der Waals surface area contributed by atoms with Crippen molar-refractivity contribution in [3.63, 3.8) is 0 Å². The maximum absolute atomic E-state index is 8.50. The van der Waals surface area contributed by atoms with E-state index < -0.39 is 0 Å². The molecule has 0 amide bonds. The molecule has 5 heteroatoms. The van der Waals surface area contributed by atoms with Crippen LogP contribution < -0.4 is 0 Å². The predicted molar refractivity (Wildman–Crippen MR) is 213 cm³/mol. The summed E-state index contributed by atoms with van der Waals surface area (Å²) in [6.45, 7) is 8.50. The van der Waals surface area contributed by atoms with E-state index >= 15 is 0 Å². The lowest BCUT2D eigenvalue weighted by molar-refractivity contribution is 1.17. The highest BCUT2D eigenvalue weighted by atomic mass is 15.0. The Labute approximate surface area is 300 Å². The second-order valence-electron chi connectivity index (χ2n) is 12.9. The van der Waals surface area contributed by atoms with Crippen LogP contribution in [-0.2, 0) is 0 Å². The molecule has 0 unspecified atom stereocenters. The molecule has 3 heterocycles. The van der Waals surface area contributed by atoms with Crippen LogP contribution in [0.3, 0.4) is 0 Å². The fourth-order valence-corrected chi connectivity index (χ4v) is 7.64. The van der Waals surface area contributed by atoms with Gasteiger partial charge in [-0.1, -0.05) is 127 Å². The van der Waals surface area contributed by atoms with Gasteiger partial charge in [-0.05, 0) is 54.1 Å². The van der Waals surface area contributed by atoms with Crippen LogP contribution in [0.15, 0.2) is 176 Å². The van der Waals surface area contributed by atoms with Gasteiger partial charge in [0.25, 0.3) is 0 Å². The minimum Gasteiger partial charge on any atom is -0.318 e. The van der Waals surface area contributed by atoms with E-state index in [2.05, 4.69) is 129 Å². The van der Waals surface area contributed by atoms with E-state index in [-0.39, 0.29) is 0 Å². The van der Waals surface area contributed by atoms with Crippen molar-refractivity contribution in [1.29, 1.82) is 0 Å². The molecule has 0 saturated heterocycles. The van der Waals surface area contributed by atoms with E-state index in [0.717, 1.165) is 77.7 Å². The summed E-state index contributed by atoms with van der Waals surface area (Å²) in [5.41, 5.74) is 11.3. The molecule has 0 aliphatic heterocycles. The second kappa shape index (κ2) is 11.9. The van der Waals surface area contributed by atoms with Crippen LogP contribution in [-0.4, -0.2) is 19.1 Å². The number of fused-ring (bicyclic) bond motifs is 7. The Bertz CT molecular complexity index is 2950. The van der Waals surface area contributed by atoms with Crippen LogP contribution in [0, 0.1) is 6.57 Å². The first-order valence-electron chi connectivity index (χ1n) is 17.3. The van der Waals surface area contributed by atoms with Gasteiger partial charge in [0.2, 0.25) is 5.69 Å². The lowest BCUT2D eigenvalue weighted by Crippen LogP contribution is -1.98. The summed E-state index contributed by atoms with van der Waals surface area (Å²) < 4.78 is 4.63. The monoisotopic (exact) mass is 663 g/mol. The minimum atomic E-state index is 0.546. The van der Waals surface area contributed by atoms with Crippen LogP contribution in [0.5, 0.6) is 0 Å². The zero-order valence-corrected chi connectivity index (χ0v) is 28.0. The summed E-state index contributed by atoms with van der Waals surface area (Å²) in [7, 11) is 0. The summed E-state index contributed by atoms with van der Waals surface area (Å²) in [4.78, 5) is 14.2. The topological polar surface area (TPSA) is 40.0 Å². The SMILES string of the molecule is [C-]#[N+]c1cc(-c2cc(-c3ccccc3)nc(-c3ccccc3)n2)ccc1-n1c2ccccc2c2ccc3c(c4ccccc4n3-c3ccccc3)c21. The van der Waals surface area contributed by atoms with Crippen molar-refractivity contribution >= 4 is 49.3 Å². The van der Waals surface area contributed by atoms with Crippen molar-refractivity contribution in [1.82, 2.24) is 19.1 Å². The van der Waals surface area contributed by atoms with Crippen molar-refractivity contribution in [2.75, 3.05) is 0 Å². The molecule has 0 N–H and O–H groups in total. The van der Waals surface area contributed by atoms with Gasteiger partial charge in [-0.3, -0.25) is 0 Å². The molecule has 7 aromatic carbocycles. The molecule has 0 fully saturated rings. The van der Waals surface area contributed by atoms with Crippen LogP contribution in [0.1, 0.15) is 0 Å². The van der Waals surface area contributed by atoms with Crippen molar-refractivity contribution in [3.8, 4) is 45.3 Å². The van der Waals surface area contributed by atoms with Crippen molar-refractivity contribution in [2.24, 2.45) is 0 Å². The quantitative estimate of drug-likeness (QED) is 0.172. The fourth-order valence-electron chi connectivity index (χ4n) is 7.64. The first kappa shape index (κ1) is 29.6. The van der Waals surface area contributed by atoms with Crippen LogP contribution >= 0.6 is 0 Å². The molecule has 0 bridgehead atoms. The van der Waals surface area contributed by atoms with Gasteiger partial charge in [0.05, 0.1) is 45.7 Å². The van der Waals surface area contributed by atoms with E-state index in [1.165, 1.54) is 5.39 Å². The molecule has 3 aromatic heterocycles. The average molecular weight is 664 g/mol. The number of hydrogen-bond acceptors (Lipinski definition) is 2. The lowest BCUT2D eigenvalue weighted by Gasteiger charge is -2.14. The third-order valence-corrected chi connectivity index (χ3v) is 9.94. The molecule has 5 nitrogen and oxygen atoms in total. The van der Waals surface area contributed by atoms with Gasteiger partial charge in [-0.25, -0.2) is 14.8 Å². The number of rotatable bonds is 5. The molecule has 10 aromatic rings. The van der Waals surface area contributed by atoms with E-state index in [4.69, 9.17) is 16.5 Å². The first-order valence-corrected chi connectivity index (χ1v) is 17.3. The highest BCUT2D eigenvalue weighted by Crippen LogP contribution is 2.44. The van der Waals surface area contributed by atoms with Crippen LogP contribution in [0.4, 0.5) is 5.69 Å². The van der Waals surface area contributed by atoms with Gasteiger partial charge in [0.1, 0.15) is 0 Å². The van der Waals surface area contributed by atoms with E-state index in [0.29, 0.717) is 11.5 Å². The Balaban J connectivity index is 1.24. The number of para-hydroxylation sites is 3. The number of nitrogens with zero attached hydrogens (tertiary/aromatic N) is 5. The lowest BCUT2D eigenvalue weighted by atomic mass is 10.0. The molecule has 10 rings (SSSR count). The Morgan fingerprint density at radius 2 is 1.04 bits per heavy atom. The van der Waals surface area contributed by atoms with Crippen molar-refractivity contribution in [2.45, 2.75) is 0 Å². The maximum atomic E-state index is 8.50. The Hall–Kier alpha value is -7.29. The third kappa shape index (κ3) is 4.63. The maximum Gasteiger partial charge on any atom is 0.211 e. The zero-order valence-electron chi connectivity index (χ0n) is 28.0. The first-order chi connectivity index (χ1) is 25.8. The molecule has 242 valence electrons. The molecule has 0 aliphatic carbocycles. The molecule has 0 saturated carbocycles. The van der Waals surface area contributed by atoms with Gasteiger partial charge in [-0.15, -0.1) is 0 Å². The van der Waals surface area contributed by atoms with Gasteiger partial charge in [0.15, 0.2) is 5.82 Å². The predicted octanol–water partition coefficient (Wildman–Crippen LogP) is 12.2. The molecule has 52 heavy (non-hydrogen) atoms. The summed E-state index contributed by atoms with van der Waals surface area (Å²) in [5, 5.41) is 4.62. The molecular formula is C47H29N5. The zero-order chi connectivity index (χ0) is 34.6. The van der Waals surface area contributed by atoms with Crippen molar-refractivity contribution in [3.05, 3.63) is 187 Å². The standard InChI is InChI=1S/C47H29N5/c1-48-40-29-33(39-30-38(31-15-5-2-6-16-31)49-47(50-39)32-17-7-3-8-18-32)25-27-43(40)52-41-23-13-11-21-35(41)36-26-28-44-45(46(36)52)37-22-12-14-24-42(37)51(44)34-19-9-4-10-20-34/h2-30H. The summed E-state index contributed by atoms with van der Waals surface area (Å²) in [5.74, 6) is 0.644. The highest BCUT2D eigenvalue weighted by Gasteiger charge is 2.22. The molecule has 0 atom stereocenters. The van der Waals surface area contributed by atoms with Crippen molar-refractivity contribution < 1.29 is 0 Å². The Kier molecular flexibility index (Phi) is 6.80. The number of hydrogen-bond donors (Lipinski definition) is 0. The molecule has 0 radical (unpaired) electrons. The van der Waals surface area contributed by atoms with Gasteiger partial charge in [0, 0.05) is 38.4 Å². The summed E-state index contributed by atoms with van der Waals surface area (Å²) in [6, 6.07) is 60.5. The van der Waals surface area contributed by atoms with E-state index in [1.807, 2.05) is 60.7 Å². The van der Waals surface area contributed by atoms with Crippen LogP contribution in [0.2, 0.25) is 0 Å². The van der Waals surface area contributed by atoms with Crippen LogP contribution in [0.25, 0.3) is 93.7 Å². The second-order valence-corrected chi connectivity index (χ2v) is 12.9. The number of benzene rings is 7. The summed E-state index contributed by atoms with van der Waals surface area (Å²) >= 11 is 0. The normalized spacial score (nSPS) is 11.4. The van der Waals surface area contributed by atoms with E-state index in [1.54, 1.807) is 0 Å². The smallest absolute Gasteiger partial charge is 0.211 e. The fraction of sp³-hybridized carbons (Fsp3) is 0.